The Morgan fingerprint density at radius 2 is 2.06 bits per heavy atom. The van der Waals surface area contributed by atoms with Gasteiger partial charge in [0.25, 0.3) is 0 Å². The van der Waals surface area contributed by atoms with Gasteiger partial charge in [-0.15, -0.1) is 0 Å². The molecule has 1 fully saturated rings. The Bertz CT molecular complexity index is 334. The topological polar surface area (TPSA) is 41.5 Å². The van der Waals surface area contributed by atoms with E-state index in [1.165, 1.54) is 12.1 Å². The van der Waals surface area contributed by atoms with Crippen molar-refractivity contribution in [3.63, 3.8) is 0 Å². The first-order chi connectivity index (χ1) is 8.28. The second-order valence-corrected chi connectivity index (χ2v) is 4.42. The second-order valence-electron chi connectivity index (χ2n) is 4.42. The summed E-state index contributed by atoms with van der Waals surface area (Å²) in [5.74, 6) is -0.208. The fraction of sp³-hybridized carbons (Fsp3) is 0.538. The summed E-state index contributed by atoms with van der Waals surface area (Å²) in [4.78, 5) is 0. The molecule has 1 saturated heterocycles. The van der Waals surface area contributed by atoms with Crippen molar-refractivity contribution in [1.82, 2.24) is 5.32 Å². The molecular formula is C13H18FNO2. The van der Waals surface area contributed by atoms with Crippen LogP contribution in [0.1, 0.15) is 18.4 Å². The monoisotopic (exact) mass is 239 g/mol. The first-order valence-corrected chi connectivity index (χ1v) is 5.98. The summed E-state index contributed by atoms with van der Waals surface area (Å²) in [7, 11) is 0. The molecule has 0 amide bonds. The Labute approximate surface area is 101 Å². The first kappa shape index (κ1) is 12.5. The number of aliphatic hydroxyl groups excluding tert-OH is 1. The third kappa shape index (κ3) is 3.77. The highest BCUT2D eigenvalue weighted by Gasteiger charge is 2.20. The average Bonchev–Trinajstić information content (AvgIpc) is 2.39. The predicted octanol–water partition coefficient (Wildman–Crippen LogP) is 1.46. The Morgan fingerprint density at radius 1 is 1.29 bits per heavy atom. The van der Waals surface area contributed by atoms with Crippen LogP contribution in [0.15, 0.2) is 24.3 Å². The molecule has 2 unspecified atom stereocenters. The fourth-order valence-electron chi connectivity index (χ4n) is 1.98. The normalized spacial score (nSPS) is 24.8. The van der Waals surface area contributed by atoms with Gasteiger partial charge >= 0.3 is 0 Å². The van der Waals surface area contributed by atoms with Crippen LogP contribution in [0.25, 0.3) is 0 Å². The van der Waals surface area contributed by atoms with Crippen molar-refractivity contribution in [3.05, 3.63) is 35.6 Å². The molecule has 0 bridgehead atoms. The van der Waals surface area contributed by atoms with Crippen LogP contribution in [-0.2, 0) is 11.3 Å². The summed E-state index contributed by atoms with van der Waals surface area (Å²) >= 11 is 0. The van der Waals surface area contributed by atoms with E-state index in [1.54, 1.807) is 12.1 Å². The van der Waals surface area contributed by atoms with Gasteiger partial charge in [-0.05, 0) is 30.5 Å². The van der Waals surface area contributed by atoms with E-state index in [4.69, 9.17) is 9.84 Å². The van der Waals surface area contributed by atoms with Crippen LogP contribution in [0.3, 0.4) is 0 Å². The summed E-state index contributed by atoms with van der Waals surface area (Å²) in [6.07, 6.45) is 1.89. The van der Waals surface area contributed by atoms with E-state index in [9.17, 15) is 4.39 Å². The SMILES string of the molecule is OCC1CCC(NCc2ccc(F)cc2)CO1. The smallest absolute Gasteiger partial charge is 0.123 e. The highest BCUT2D eigenvalue weighted by atomic mass is 19.1. The molecule has 4 heteroatoms. The lowest BCUT2D eigenvalue weighted by Crippen LogP contribution is -2.40. The molecule has 1 heterocycles. The standard InChI is InChI=1S/C13H18FNO2/c14-11-3-1-10(2-4-11)7-15-12-5-6-13(8-16)17-9-12/h1-4,12-13,15-16H,5-9H2. The molecule has 1 aliphatic heterocycles. The summed E-state index contributed by atoms with van der Waals surface area (Å²) in [6, 6.07) is 6.82. The molecule has 2 atom stereocenters. The Balaban J connectivity index is 1.74. The molecule has 0 aromatic heterocycles. The first-order valence-electron chi connectivity index (χ1n) is 5.98. The number of hydrogen-bond acceptors (Lipinski definition) is 3. The summed E-state index contributed by atoms with van der Waals surface area (Å²) in [5, 5.41) is 12.3. The quantitative estimate of drug-likeness (QED) is 0.835. The Kier molecular flexibility index (Phi) is 4.48. The van der Waals surface area contributed by atoms with Crippen molar-refractivity contribution >= 4 is 0 Å². The number of nitrogens with one attached hydrogen (secondary N) is 1. The summed E-state index contributed by atoms with van der Waals surface area (Å²) in [5.41, 5.74) is 1.07. The summed E-state index contributed by atoms with van der Waals surface area (Å²) < 4.78 is 18.2. The van der Waals surface area contributed by atoms with Crippen LogP contribution in [-0.4, -0.2) is 30.5 Å². The van der Waals surface area contributed by atoms with Gasteiger partial charge in [-0.2, -0.15) is 0 Å². The highest BCUT2D eigenvalue weighted by molar-refractivity contribution is 5.15. The van der Waals surface area contributed by atoms with Crippen molar-refractivity contribution in [2.24, 2.45) is 0 Å². The highest BCUT2D eigenvalue weighted by Crippen LogP contribution is 2.13. The number of ether oxygens (including phenoxy) is 1. The van der Waals surface area contributed by atoms with Crippen LogP contribution in [0, 0.1) is 5.82 Å². The molecule has 1 aromatic carbocycles. The van der Waals surface area contributed by atoms with Gasteiger partial charge in [-0.1, -0.05) is 12.1 Å². The molecule has 1 aromatic rings. The zero-order valence-corrected chi connectivity index (χ0v) is 9.73. The van der Waals surface area contributed by atoms with Crippen molar-refractivity contribution in [3.8, 4) is 0 Å². The number of benzene rings is 1. The third-order valence-electron chi connectivity index (χ3n) is 3.08. The number of rotatable bonds is 4. The van der Waals surface area contributed by atoms with E-state index in [0.717, 1.165) is 24.9 Å². The van der Waals surface area contributed by atoms with Gasteiger partial charge in [0.15, 0.2) is 0 Å². The fourth-order valence-corrected chi connectivity index (χ4v) is 1.98. The molecule has 3 nitrogen and oxygen atoms in total. The van der Waals surface area contributed by atoms with Gasteiger partial charge in [0, 0.05) is 12.6 Å². The van der Waals surface area contributed by atoms with Gasteiger partial charge in [-0.3, -0.25) is 0 Å². The predicted molar refractivity (Wildman–Crippen MR) is 63.1 cm³/mol. The average molecular weight is 239 g/mol. The number of hydrogen-bond donors (Lipinski definition) is 2. The molecule has 1 aliphatic rings. The minimum atomic E-state index is -0.208. The molecule has 0 radical (unpaired) electrons. The summed E-state index contributed by atoms with van der Waals surface area (Å²) in [6.45, 7) is 1.45. The minimum absolute atomic E-state index is 0.00105. The molecule has 2 N–H and O–H groups in total. The van der Waals surface area contributed by atoms with Crippen LogP contribution in [0.5, 0.6) is 0 Å². The van der Waals surface area contributed by atoms with Crippen LogP contribution < -0.4 is 5.32 Å². The van der Waals surface area contributed by atoms with Crippen molar-refractivity contribution in [2.45, 2.75) is 31.5 Å². The Hall–Kier alpha value is -0.970. The maximum atomic E-state index is 12.7. The van der Waals surface area contributed by atoms with E-state index >= 15 is 0 Å². The zero-order valence-electron chi connectivity index (χ0n) is 9.73. The third-order valence-corrected chi connectivity index (χ3v) is 3.08. The van der Waals surface area contributed by atoms with E-state index in [2.05, 4.69) is 5.32 Å². The number of halogens is 1. The molecule has 94 valence electrons. The molecule has 17 heavy (non-hydrogen) atoms. The lowest BCUT2D eigenvalue weighted by molar-refractivity contribution is -0.0319. The van der Waals surface area contributed by atoms with Gasteiger partial charge in [0.2, 0.25) is 0 Å². The van der Waals surface area contributed by atoms with E-state index in [0.29, 0.717) is 12.6 Å². The minimum Gasteiger partial charge on any atom is -0.394 e. The lowest BCUT2D eigenvalue weighted by atomic mass is 10.1. The van der Waals surface area contributed by atoms with E-state index in [1.807, 2.05) is 0 Å². The molecule has 0 saturated carbocycles. The lowest BCUT2D eigenvalue weighted by Gasteiger charge is -2.28. The van der Waals surface area contributed by atoms with E-state index in [-0.39, 0.29) is 18.5 Å². The molecule has 2 rings (SSSR count). The van der Waals surface area contributed by atoms with E-state index < -0.39 is 0 Å². The maximum Gasteiger partial charge on any atom is 0.123 e. The largest absolute Gasteiger partial charge is 0.394 e. The molecular weight excluding hydrogens is 221 g/mol. The second kappa shape index (κ2) is 6.10. The van der Waals surface area contributed by atoms with Crippen molar-refractivity contribution in [1.29, 1.82) is 0 Å². The molecule has 0 aliphatic carbocycles. The van der Waals surface area contributed by atoms with Crippen LogP contribution in [0.2, 0.25) is 0 Å². The van der Waals surface area contributed by atoms with Gasteiger partial charge < -0.3 is 15.2 Å². The van der Waals surface area contributed by atoms with Crippen LogP contribution in [0.4, 0.5) is 4.39 Å². The zero-order chi connectivity index (χ0) is 12.1. The van der Waals surface area contributed by atoms with Crippen molar-refractivity contribution in [2.75, 3.05) is 13.2 Å². The molecule has 0 spiro atoms. The Morgan fingerprint density at radius 3 is 2.65 bits per heavy atom. The number of aliphatic hydroxyl groups is 1. The van der Waals surface area contributed by atoms with Gasteiger partial charge in [0.1, 0.15) is 5.82 Å². The van der Waals surface area contributed by atoms with Crippen LogP contribution >= 0.6 is 0 Å². The maximum absolute atomic E-state index is 12.7. The van der Waals surface area contributed by atoms with Gasteiger partial charge in [-0.25, -0.2) is 4.39 Å². The van der Waals surface area contributed by atoms with Gasteiger partial charge in [0.05, 0.1) is 19.3 Å². The van der Waals surface area contributed by atoms with Crippen molar-refractivity contribution < 1.29 is 14.2 Å².